The summed E-state index contributed by atoms with van der Waals surface area (Å²) in [6.45, 7) is 5.41. The number of morpholine rings is 1. The van der Waals surface area contributed by atoms with Gasteiger partial charge >= 0.3 is 0 Å². The number of carbonyl (C=O) groups excluding carboxylic acids is 1. The minimum absolute atomic E-state index is 0. The van der Waals surface area contributed by atoms with E-state index in [1.54, 1.807) is 6.33 Å². The number of halogens is 2. The molecule has 210 valence electrons. The van der Waals surface area contributed by atoms with Gasteiger partial charge in [0.15, 0.2) is 5.69 Å². The van der Waals surface area contributed by atoms with Crippen LogP contribution in [-0.4, -0.2) is 72.3 Å². The van der Waals surface area contributed by atoms with Crippen molar-refractivity contribution in [3.05, 3.63) is 103 Å². The van der Waals surface area contributed by atoms with Crippen molar-refractivity contribution in [1.82, 2.24) is 19.8 Å². The van der Waals surface area contributed by atoms with Gasteiger partial charge in [0.2, 0.25) is 0 Å². The Bertz CT molecular complexity index is 1380. The molecule has 1 amide bonds. The van der Waals surface area contributed by atoms with Crippen LogP contribution < -0.4 is 10.2 Å². The predicted octanol–water partition coefficient (Wildman–Crippen LogP) is 4.88. The number of hydrogen-bond acceptors (Lipinski definition) is 5. The molecule has 2 aliphatic rings. The van der Waals surface area contributed by atoms with Crippen LogP contribution in [-0.2, 0) is 11.2 Å². The van der Waals surface area contributed by atoms with Crippen LogP contribution >= 0.6 is 24.8 Å². The van der Waals surface area contributed by atoms with Crippen LogP contribution in [0.3, 0.4) is 0 Å². The number of piperazine rings is 1. The molecule has 7 nitrogen and oxygen atoms in total. The Morgan fingerprint density at radius 1 is 0.875 bits per heavy atom. The third kappa shape index (κ3) is 6.34. The molecule has 0 aliphatic carbocycles. The van der Waals surface area contributed by atoms with Crippen molar-refractivity contribution in [2.45, 2.75) is 12.5 Å². The highest BCUT2D eigenvalue weighted by Crippen LogP contribution is 2.30. The molecule has 3 aromatic carbocycles. The van der Waals surface area contributed by atoms with E-state index in [2.05, 4.69) is 75.4 Å². The number of amides is 1. The van der Waals surface area contributed by atoms with Crippen LogP contribution in [0.5, 0.6) is 0 Å². The Balaban J connectivity index is 0.00000185. The SMILES string of the molecule is Cl.Cl.O=C(c1ncn(-c2cccc(N3CCOCC3)c2)c1-c1ccccc1)N1CCNC[C@H]1Cc1ccccc1. The summed E-state index contributed by atoms with van der Waals surface area (Å²) in [5, 5.41) is 3.47. The summed E-state index contributed by atoms with van der Waals surface area (Å²) in [4.78, 5) is 23.2. The monoisotopic (exact) mass is 579 g/mol. The first-order valence-corrected chi connectivity index (χ1v) is 13.4. The molecule has 0 spiro atoms. The second-order valence-corrected chi connectivity index (χ2v) is 9.84. The summed E-state index contributed by atoms with van der Waals surface area (Å²) in [7, 11) is 0. The number of anilines is 1. The number of rotatable bonds is 6. The van der Waals surface area contributed by atoms with E-state index < -0.39 is 0 Å². The molecule has 0 radical (unpaired) electrons. The van der Waals surface area contributed by atoms with Crippen molar-refractivity contribution >= 4 is 36.4 Å². The first-order valence-electron chi connectivity index (χ1n) is 13.4. The lowest BCUT2D eigenvalue weighted by atomic mass is 10.0. The Morgan fingerprint density at radius 2 is 1.57 bits per heavy atom. The van der Waals surface area contributed by atoms with Gasteiger partial charge < -0.3 is 19.9 Å². The van der Waals surface area contributed by atoms with Crippen LogP contribution in [0.25, 0.3) is 16.9 Å². The fraction of sp³-hybridized carbons (Fsp3) is 0.290. The zero-order valence-electron chi connectivity index (χ0n) is 22.3. The smallest absolute Gasteiger partial charge is 0.275 e. The van der Waals surface area contributed by atoms with Crippen molar-refractivity contribution in [3.8, 4) is 16.9 Å². The van der Waals surface area contributed by atoms with E-state index in [4.69, 9.17) is 9.72 Å². The number of nitrogens with zero attached hydrogens (tertiary/aromatic N) is 4. The van der Waals surface area contributed by atoms with E-state index in [0.29, 0.717) is 12.2 Å². The topological polar surface area (TPSA) is 62.6 Å². The predicted molar refractivity (Wildman–Crippen MR) is 164 cm³/mol. The molecule has 6 rings (SSSR count). The number of carbonyl (C=O) groups is 1. The fourth-order valence-electron chi connectivity index (χ4n) is 5.47. The van der Waals surface area contributed by atoms with Gasteiger partial charge in [-0.2, -0.15) is 0 Å². The van der Waals surface area contributed by atoms with Gasteiger partial charge in [0.25, 0.3) is 5.91 Å². The summed E-state index contributed by atoms with van der Waals surface area (Å²) < 4.78 is 7.60. The number of benzene rings is 3. The maximum atomic E-state index is 14.2. The molecule has 2 aliphatic heterocycles. The highest BCUT2D eigenvalue weighted by molar-refractivity contribution is 5.99. The molecule has 1 N–H and O–H groups in total. The average Bonchev–Trinajstić information content (AvgIpc) is 3.44. The fourth-order valence-corrected chi connectivity index (χ4v) is 5.47. The number of hydrogen-bond donors (Lipinski definition) is 1. The van der Waals surface area contributed by atoms with Gasteiger partial charge in [-0.25, -0.2) is 4.98 Å². The average molecular weight is 581 g/mol. The number of imidazole rings is 1. The van der Waals surface area contributed by atoms with E-state index in [9.17, 15) is 4.79 Å². The molecular formula is C31H35Cl2N5O2. The Kier molecular flexibility index (Phi) is 10.2. The summed E-state index contributed by atoms with van der Waals surface area (Å²) in [6.07, 6.45) is 2.60. The molecule has 0 saturated carbocycles. The van der Waals surface area contributed by atoms with Gasteiger partial charge in [0, 0.05) is 55.7 Å². The Morgan fingerprint density at radius 3 is 2.33 bits per heavy atom. The number of nitrogens with one attached hydrogen (secondary N) is 1. The molecule has 1 atom stereocenters. The zero-order chi connectivity index (χ0) is 25.7. The summed E-state index contributed by atoms with van der Waals surface area (Å²) in [6, 6.07) is 29.0. The standard InChI is InChI=1S/C31H33N5O2.2ClH/c37-31(35-15-14-32-22-28(35)20-24-8-3-1-4-9-24)29-30(25-10-5-2-6-11-25)36(23-33-29)27-13-7-12-26(21-27)34-16-18-38-19-17-34;;/h1-13,21,23,28,32H,14-20,22H2;2*1H/t28-;;/m1../s1. The summed E-state index contributed by atoms with van der Waals surface area (Å²) in [5.74, 6) is -0.0191. The normalized spacial score (nSPS) is 17.1. The van der Waals surface area contributed by atoms with Crippen molar-refractivity contribution in [2.24, 2.45) is 0 Å². The van der Waals surface area contributed by atoms with E-state index in [1.165, 1.54) is 5.56 Å². The number of ether oxygens (including phenoxy) is 1. The third-order valence-corrected chi connectivity index (χ3v) is 7.43. The van der Waals surface area contributed by atoms with Crippen LogP contribution in [0.15, 0.2) is 91.3 Å². The molecule has 2 saturated heterocycles. The van der Waals surface area contributed by atoms with Crippen molar-refractivity contribution < 1.29 is 9.53 Å². The lowest BCUT2D eigenvalue weighted by molar-refractivity contribution is 0.0631. The van der Waals surface area contributed by atoms with Crippen LogP contribution in [0, 0.1) is 0 Å². The van der Waals surface area contributed by atoms with Crippen LogP contribution in [0.4, 0.5) is 5.69 Å². The van der Waals surface area contributed by atoms with Gasteiger partial charge in [0.05, 0.1) is 18.9 Å². The van der Waals surface area contributed by atoms with E-state index in [-0.39, 0.29) is 36.8 Å². The first-order chi connectivity index (χ1) is 18.8. The molecule has 3 heterocycles. The first kappa shape index (κ1) is 29.6. The van der Waals surface area contributed by atoms with Crippen LogP contribution in [0.1, 0.15) is 16.1 Å². The molecule has 2 fully saturated rings. The molecule has 1 aromatic heterocycles. The minimum Gasteiger partial charge on any atom is -0.378 e. The number of aromatic nitrogens is 2. The van der Waals surface area contributed by atoms with Gasteiger partial charge in [-0.1, -0.05) is 66.7 Å². The molecule has 40 heavy (non-hydrogen) atoms. The van der Waals surface area contributed by atoms with Gasteiger partial charge in [0.1, 0.15) is 6.33 Å². The lowest BCUT2D eigenvalue weighted by Gasteiger charge is -2.36. The second kappa shape index (κ2) is 13.8. The third-order valence-electron chi connectivity index (χ3n) is 7.43. The van der Waals surface area contributed by atoms with Gasteiger partial charge in [-0.3, -0.25) is 9.36 Å². The van der Waals surface area contributed by atoms with E-state index >= 15 is 0 Å². The van der Waals surface area contributed by atoms with E-state index in [1.807, 2.05) is 29.2 Å². The Hall–Kier alpha value is -3.36. The molecule has 4 aromatic rings. The quantitative estimate of drug-likeness (QED) is 0.353. The maximum Gasteiger partial charge on any atom is 0.275 e. The lowest BCUT2D eigenvalue weighted by Crippen LogP contribution is -2.54. The summed E-state index contributed by atoms with van der Waals surface area (Å²) in [5.41, 5.74) is 5.66. The van der Waals surface area contributed by atoms with E-state index in [0.717, 1.165) is 68.4 Å². The maximum absolute atomic E-state index is 14.2. The van der Waals surface area contributed by atoms with Crippen LogP contribution in [0.2, 0.25) is 0 Å². The zero-order valence-corrected chi connectivity index (χ0v) is 23.9. The Labute approximate surface area is 248 Å². The summed E-state index contributed by atoms with van der Waals surface area (Å²) >= 11 is 0. The molecule has 0 bridgehead atoms. The van der Waals surface area contributed by atoms with Gasteiger partial charge in [-0.05, 0) is 30.2 Å². The van der Waals surface area contributed by atoms with Gasteiger partial charge in [-0.15, -0.1) is 24.8 Å². The second-order valence-electron chi connectivity index (χ2n) is 9.84. The molecule has 0 unspecified atom stereocenters. The molecule has 9 heteroatoms. The minimum atomic E-state index is -0.0191. The highest BCUT2D eigenvalue weighted by Gasteiger charge is 2.31. The highest BCUT2D eigenvalue weighted by atomic mass is 35.5. The largest absolute Gasteiger partial charge is 0.378 e. The van der Waals surface area contributed by atoms with Crippen molar-refractivity contribution in [1.29, 1.82) is 0 Å². The van der Waals surface area contributed by atoms with Crippen molar-refractivity contribution in [3.63, 3.8) is 0 Å². The molecular weight excluding hydrogens is 545 g/mol. The van der Waals surface area contributed by atoms with Crippen molar-refractivity contribution in [2.75, 3.05) is 50.8 Å².